The lowest BCUT2D eigenvalue weighted by atomic mass is 10.1. The minimum Gasteiger partial charge on any atom is -0.494 e. The Morgan fingerprint density at radius 2 is 1.93 bits per heavy atom. The highest BCUT2D eigenvalue weighted by Crippen LogP contribution is 2.22. The van der Waals surface area contributed by atoms with Gasteiger partial charge in [0.25, 0.3) is 5.91 Å². The van der Waals surface area contributed by atoms with Crippen LogP contribution in [0.15, 0.2) is 54.9 Å². The summed E-state index contributed by atoms with van der Waals surface area (Å²) in [6.07, 6.45) is 2.28. The average Bonchev–Trinajstić information content (AvgIpc) is 2.67. The summed E-state index contributed by atoms with van der Waals surface area (Å²) in [5, 5.41) is 12.4. The molecule has 7 heteroatoms. The van der Waals surface area contributed by atoms with Gasteiger partial charge in [-0.2, -0.15) is 0 Å². The molecule has 1 heterocycles. The summed E-state index contributed by atoms with van der Waals surface area (Å²) in [5.74, 6) is -0.298. The molecule has 0 aliphatic heterocycles. The summed E-state index contributed by atoms with van der Waals surface area (Å²) >= 11 is 0. The molecule has 0 spiro atoms. The van der Waals surface area contributed by atoms with Crippen LogP contribution in [-0.2, 0) is 0 Å². The van der Waals surface area contributed by atoms with Crippen LogP contribution in [0.2, 0.25) is 0 Å². The molecule has 0 aliphatic carbocycles. The van der Waals surface area contributed by atoms with Crippen LogP contribution in [0.3, 0.4) is 0 Å². The lowest BCUT2D eigenvalue weighted by molar-refractivity contribution is 0.102. The number of aromatic nitrogens is 2. The maximum Gasteiger partial charge on any atom is 0.255 e. The standard InChI is InChI=1S/C20H18FN3O3/c1-12(25)13-4-3-5-17(9-13)24-20(26)15-6-14(7-16(21)8-15)19-22-10-18(27-2)11-23-19/h3-12,25H,1-2H3,(H,24,26). The highest BCUT2D eigenvalue weighted by molar-refractivity contribution is 6.04. The normalized spacial score (nSPS) is 11.7. The van der Waals surface area contributed by atoms with E-state index in [-0.39, 0.29) is 11.4 Å². The van der Waals surface area contributed by atoms with Crippen LogP contribution >= 0.6 is 0 Å². The van der Waals surface area contributed by atoms with Crippen molar-refractivity contribution in [1.82, 2.24) is 9.97 Å². The Morgan fingerprint density at radius 1 is 1.19 bits per heavy atom. The van der Waals surface area contributed by atoms with Gasteiger partial charge < -0.3 is 15.2 Å². The van der Waals surface area contributed by atoms with Gasteiger partial charge in [0.2, 0.25) is 0 Å². The number of rotatable bonds is 5. The van der Waals surface area contributed by atoms with Gasteiger partial charge in [-0.15, -0.1) is 0 Å². The smallest absolute Gasteiger partial charge is 0.255 e. The molecule has 0 fully saturated rings. The van der Waals surface area contributed by atoms with E-state index in [1.54, 1.807) is 31.2 Å². The number of amides is 1. The number of nitrogens with one attached hydrogen (secondary N) is 1. The van der Waals surface area contributed by atoms with Crippen LogP contribution in [0.5, 0.6) is 5.75 Å². The van der Waals surface area contributed by atoms with E-state index in [0.29, 0.717) is 22.6 Å². The quantitative estimate of drug-likeness (QED) is 0.720. The predicted molar refractivity (Wildman–Crippen MR) is 99.0 cm³/mol. The molecule has 2 N–H and O–H groups in total. The Labute approximate surface area is 155 Å². The van der Waals surface area contributed by atoms with E-state index in [0.717, 1.165) is 6.07 Å². The first-order valence-electron chi connectivity index (χ1n) is 8.22. The molecule has 0 saturated heterocycles. The molecule has 1 amide bonds. The van der Waals surface area contributed by atoms with E-state index in [9.17, 15) is 14.3 Å². The molecule has 6 nitrogen and oxygen atoms in total. The van der Waals surface area contributed by atoms with Crippen molar-refractivity contribution < 1.29 is 19.0 Å². The number of aliphatic hydroxyl groups excluding tert-OH is 1. The lowest BCUT2D eigenvalue weighted by Crippen LogP contribution is -2.12. The number of anilines is 1. The Kier molecular flexibility index (Phi) is 5.42. The van der Waals surface area contributed by atoms with Crippen LogP contribution in [0.1, 0.15) is 28.9 Å². The average molecular weight is 367 g/mol. The molecule has 3 rings (SSSR count). The monoisotopic (exact) mass is 367 g/mol. The molecule has 0 radical (unpaired) electrons. The summed E-state index contributed by atoms with van der Waals surface area (Å²) in [4.78, 5) is 20.8. The summed E-state index contributed by atoms with van der Waals surface area (Å²) in [6.45, 7) is 1.63. The van der Waals surface area contributed by atoms with Crippen molar-refractivity contribution in [2.75, 3.05) is 12.4 Å². The fraction of sp³-hybridized carbons (Fsp3) is 0.150. The third-order valence-corrected chi connectivity index (χ3v) is 3.91. The van der Waals surface area contributed by atoms with Gasteiger partial charge in [0.15, 0.2) is 11.6 Å². The zero-order valence-corrected chi connectivity index (χ0v) is 14.8. The van der Waals surface area contributed by atoms with E-state index in [1.165, 1.54) is 31.6 Å². The third kappa shape index (κ3) is 4.45. The van der Waals surface area contributed by atoms with Gasteiger partial charge in [0.05, 0.1) is 25.6 Å². The highest BCUT2D eigenvalue weighted by atomic mass is 19.1. The summed E-state index contributed by atoms with van der Waals surface area (Å²) < 4.78 is 19.0. The number of nitrogens with zero attached hydrogens (tertiary/aromatic N) is 2. The van der Waals surface area contributed by atoms with Gasteiger partial charge >= 0.3 is 0 Å². The second-order valence-corrected chi connectivity index (χ2v) is 5.93. The van der Waals surface area contributed by atoms with Crippen LogP contribution in [0.25, 0.3) is 11.4 Å². The SMILES string of the molecule is COc1cnc(-c2cc(F)cc(C(=O)Nc3cccc(C(C)O)c3)c2)nc1. The first-order valence-corrected chi connectivity index (χ1v) is 8.22. The number of aliphatic hydroxyl groups is 1. The molecule has 0 saturated carbocycles. The number of carbonyl (C=O) groups excluding carboxylic acids is 1. The molecule has 27 heavy (non-hydrogen) atoms. The van der Waals surface area contributed by atoms with Crippen LogP contribution in [0, 0.1) is 5.82 Å². The lowest BCUT2D eigenvalue weighted by Gasteiger charge is -2.10. The highest BCUT2D eigenvalue weighted by Gasteiger charge is 2.13. The van der Waals surface area contributed by atoms with E-state index in [1.807, 2.05) is 0 Å². The van der Waals surface area contributed by atoms with Crippen molar-refractivity contribution >= 4 is 11.6 Å². The van der Waals surface area contributed by atoms with Gasteiger partial charge in [-0.1, -0.05) is 12.1 Å². The third-order valence-electron chi connectivity index (χ3n) is 3.91. The van der Waals surface area contributed by atoms with Crippen molar-refractivity contribution in [3.8, 4) is 17.1 Å². The largest absolute Gasteiger partial charge is 0.494 e. The van der Waals surface area contributed by atoms with E-state index >= 15 is 0 Å². The molecule has 2 aromatic carbocycles. The molecule has 1 atom stereocenters. The molecule has 1 unspecified atom stereocenters. The Balaban J connectivity index is 1.86. The minimum atomic E-state index is -0.658. The van der Waals surface area contributed by atoms with Crippen molar-refractivity contribution in [1.29, 1.82) is 0 Å². The second-order valence-electron chi connectivity index (χ2n) is 5.93. The number of carbonyl (C=O) groups is 1. The Hall–Kier alpha value is -3.32. The number of hydrogen-bond donors (Lipinski definition) is 2. The minimum absolute atomic E-state index is 0.131. The first-order chi connectivity index (χ1) is 13.0. The topological polar surface area (TPSA) is 84.3 Å². The molecule has 0 aliphatic rings. The maximum absolute atomic E-state index is 14.0. The summed E-state index contributed by atoms with van der Waals surface area (Å²) in [6, 6.07) is 10.7. The molecule has 0 bridgehead atoms. The number of hydrogen-bond acceptors (Lipinski definition) is 5. The van der Waals surface area contributed by atoms with Crippen molar-refractivity contribution in [3.63, 3.8) is 0 Å². The zero-order valence-electron chi connectivity index (χ0n) is 14.8. The predicted octanol–water partition coefficient (Wildman–Crippen LogP) is 3.60. The van der Waals surface area contributed by atoms with Crippen molar-refractivity contribution in [2.45, 2.75) is 13.0 Å². The Morgan fingerprint density at radius 3 is 2.59 bits per heavy atom. The van der Waals surface area contributed by atoms with E-state index in [4.69, 9.17) is 4.74 Å². The Bertz CT molecular complexity index is 959. The molecular formula is C20H18FN3O3. The van der Waals surface area contributed by atoms with Crippen LogP contribution in [-0.4, -0.2) is 28.1 Å². The van der Waals surface area contributed by atoms with Gasteiger partial charge in [-0.3, -0.25) is 4.79 Å². The van der Waals surface area contributed by atoms with Crippen LogP contribution < -0.4 is 10.1 Å². The molecule has 3 aromatic rings. The molecular weight excluding hydrogens is 349 g/mol. The fourth-order valence-corrected chi connectivity index (χ4v) is 2.50. The second kappa shape index (κ2) is 7.92. The number of ether oxygens (including phenoxy) is 1. The number of methoxy groups -OCH3 is 1. The van der Waals surface area contributed by atoms with Crippen LogP contribution in [0.4, 0.5) is 10.1 Å². The number of benzene rings is 2. The first kappa shape index (κ1) is 18.5. The summed E-state index contributed by atoms with van der Waals surface area (Å²) in [5.41, 5.74) is 1.68. The number of halogens is 1. The molecule has 1 aromatic heterocycles. The van der Waals surface area contributed by atoms with Crippen molar-refractivity contribution in [2.24, 2.45) is 0 Å². The maximum atomic E-state index is 14.0. The van der Waals surface area contributed by atoms with E-state index in [2.05, 4.69) is 15.3 Å². The van der Waals surface area contributed by atoms with Gasteiger partial charge in [-0.25, -0.2) is 14.4 Å². The zero-order chi connectivity index (χ0) is 19.4. The van der Waals surface area contributed by atoms with Crippen molar-refractivity contribution in [3.05, 3.63) is 71.8 Å². The van der Waals surface area contributed by atoms with E-state index < -0.39 is 17.8 Å². The van der Waals surface area contributed by atoms with Gasteiger partial charge in [-0.05, 0) is 42.8 Å². The van der Waals surface area contributed by atoms with Gasteiger partial charge in [0, 0.05) is 16.8 Å². The molecule has 138 valence electrons. The fourth-order valence-electron chi connectivity index (χ4n) is 2.50. The van der Waals surface area contributed by atoms with Gasteiger partial charge in [0.1, 0.15) is 5.82 Å². The summed E-state index contributed by atoms with van der Waals surface area (Å²) in [7, 11) is 1.50.